The largest absolute Gasteiger partial charge is 0.595 e. The van der Waals surface area contributed by atoms with Gasteiger partial charge in [0.15, 0.2) is 0 Å². The molecule has 0 unspecified atom stereocenters. The third-order valence-corrected chi connectivity index (χ3v) is 11.9. The molecule has 8 heteroatoms. The molecular weight excluding hydrogens is 479 g/mol. The first kappa shape index (κ1) is 24.6. The lowest BCUT2D eigenvalue weighted by molar-refractivity contribution is -0.366. The molecule has 0 radical (unpaired) electrons. The van der Waals surface area contributed by atoms with Gasteiger partial charge in [0.2, 0.25) is 5.71 Å². The van der Waals surface area contributed by atoms with Crippen LogP contribution in [0.25, 0.3) is 5.57 Å². The van der Waals surface area contributed by atoms with E-state index in [0.29, 0.717) is 6.61 Å². The normalized spacial score (nSPS) is 17.3. The highest BCUT2D eigenvalue weighted by Crippen LogP contribution is 2.41. The fourth-order valence-corrected chi connectivity index (χ4v) is 9.23. The van der Waals surface area contributed by atoms with Gasteiger partial charge in [0.05, 0.1) is 12.3 Å². The van der Waals surface area contributed by atoms with Crippen LogP contribution in [0.3, 0.4) is 0 Å². The number of carbonyl (C=O) groups excluding carboxylic acids is 1. The molecule has 1 heterocycles. The summed E-state index contributed by atoms with van der Waals surface area (Å²) in [4.78, 5) is 15.3. The van der Waals surface area contributed by atoms with E-state index in [9.17, 15) is 4.79 Å². The second-order valence-electron chi connectivity index (χ2n) is 8.69. The Kier molecular flexibility index (Phi) is 7.83. The molecule has 1 amide bonds. The van der Waals surface area contributed by atoms with Crippen LogP contribution in [0, 0.1) is 0 Å². The first-order valence-electron chi connectivity index (χ1n) is 11.4. The number of benzene rings is 2. The molecule has 176 valence electrons. The molecular formula is C26H31N3O2S2Si+2. The number of nitrogens with one attached hydrogen (secondary N) is 1. The zero-order valence-corrected chi connectivity index (χ0v) is 22.2. The Hall–Kier alpha value is -2.52. The van der Waals surface area contributed by atoms with E-state index >= 15 is 0 Å². The Balaban J connectivity index is 1.66. The molecule has 5 nitrogen and oxygen atoms in total. The summed E-state index contributed by atoms with van der Waals surface area (Å²) in [6.07, 6.45) is 5.80. The molecule has 0 saturated carbocycles. The summed E-state index contributed by atoms with van der Waals surface area (Å²) in [5.74, 6) is 1.76. The number of fused-ring (bicyclic) bond motifs is 2. The summed E-state index contributed by atoms with van der Waals surface area (Å²) >= 11 is 0. The van der Waals surface area contributed by atoms with Gasteiger partial charge in [-0.05, 0) is 50.9 Å². The molecule has 0 spiro atoms. The van der Waals surface area contributed by atoms with Crippen LogP contribution < -0.4 is 21.6 Å². The van der Waals surface area contributed by atoms with Crippen molar-refractivity contribution in [2.75, 3.05) is 30.4 Å². The second-order valence-corrected chi connectivity index (χ2v) is 15.7. The minimum Gasteiger partial charge on any atom is -0.411 e. The number of carbonyl (C=O) groups is 1. The third-order valence-electron chi connectivity index (χ3n) is 5.97. The molecule has 34 heavy (non-hydrogen) atoms. The number of quaternary nitrogens is 1. The maximum Gasteiger partial charge on any atom is 0.595 e. The number of anilines is 1. The van der Waals surface area contributed by atoms with Gasteiger partial charge in [-0.3, -0.25) is 0 Å². The van der Waals surface area contributed by atoms with E-state index in [-0.39, 0.29) is 0 Å². The van der Waals surface area contributed by atoms with Crippen LogP contribution in [0.5, 0.6) is 0 Å². The minimum atomic E-state index is -2.07. The lowest BCUT2D eigenvalue weighted by Crippen LogP contribution is -2.77. The Bertz CT molecular complexity index is 1200. The summed E-state index contributed by atoms with van der Waals surface area (Å²) in [6, 6.07) is 16.7. The minimum absolute atomic E-state index is 0.379. The van der Waals surface area contributed by atoms with Crippen molar-refractivity contribution in [3.05, 3.63) is 88.7 Å². The van der Waals surface area contributed by atoms with E-state index in [0.717, 1.165) is 29.4 Å². The number of allylic oxidation sites excluding steroid dienone is 5. The van der Waals surface area contributed by atoms with Crippen LogP contribution in [0.4, 0.5) is 10.5 Å². The van der Waals surface area contributed by atoms with Crippen LogP contribution in [0.1, 0.15) is 11.1 Å². The van der Waals surface area contributed by atoms with Gasteiger partial charge in [-0.15, -0.1) is 4.99 Å². The number of hydrogen-bond donors (Lipinski definition) is 3. The standard InChI is InChI=1S/C26H29N3O2S2Si/c1-34(2)23-16-19(28)8-10-21(23)25(18-6-4-3-5-7-18)22-11-9-20(17-24(22)34)29-26(30)31-13-15-33-32-14-12-27/h3-11,16-17H,12-15,27-28H2,1-2H3/p+2. The highest BCUT2D eigenvalue weighted by atomic mass is 33.1. The van der Waals surface area contributed by atoms with E-state index in [4.69, 9.17) is 10.5 Å². The highest BCUT2D eigenvalue weighted by Gasteiger charge is 2.40. The van der Waals surface area contributed by atoms with E-state index in [1.165, 1.54) is 32.7 Å². The van der Waals surface area contributed by atoms with Crippen molar-refractivity contribution in [2.24, 2.45) is 0 Å². The smallest absolute Gasteiger partial charge is 0.411 e. The van der Waals surface area contributed by atoms with Crippen molar-refractivity contribution in [1.82, 2.24) is 0 Å². The van der Waals surface area contributed by atoms with Gasteiger partial charge in [-0.1, -0.05) is 71.1 Å². The van der Waals surface area contributed by atoms with E-state index in [1.807, 2.05) is 18.2 Å². The van der Waals surface area contributed by atoms with E-state index < -0.39 is 14.2 Å². The zero-order chi connectivity index (χ0) is 24.1. The second kappa shape index (κ2) is 10.8. The van der Waals surface area contributed by atoms with Gasteiger partial charge in [-0.2, -0.15) is 4.79 Å². The monoisotopic (exact) mass is 509 g/mol. The summed E-state index contributed by atoms with van der Waals surface area (Å²) in [5.41, 5.74) is 16.4. The Labute approximate surface area is 209 Å². The molecule has 4 rings (SSSR count). The molecule has 0 saturated heterocycles. The maximum absolute atomic E-state index is 12.4. The predicted octanol–water partition coefficient (Wildman–Crippen LogP) is 2.32. The average Bonchev–Trinajstić information content (AvgIpc) is 2.83. The third kappa shape index (κ3) is 5.25. The predicted molar refractivity (Wildman–Crippen MR) is 148 cm³/mol. The van der Waals surface area contributed by atoms with Gasteiger partial charge in [0.1, 0.15) is 14.7 Å². The maximum atomic E-state index is 12.4. The number of nitrogens with two attached hydrogens (primary N) is 1. The quantitative estimate of drug-likeness (QED) is 0.231. The number of nitrogen functional groups attached to an aromatic ring is 1. The van der Waals surface area contributed by atoms with Gasteiger partial charge in [-0.25, -0.2) is 0 Å². The van der Waals surface area contributed by atoms with Crippen molar-refractivity contribution in [3.8, 4) is 0 Å². The first-order chi connectivity index (χ1) is 16.4. The number of ether oxygens (including phenoxy) is 1. The average molecular weight is 510 g/mol. The first-order valence-corrected chi connectivity index (χ1v) is 16.9. The van der Waals surface area contributed by atoms with Crippen molar-refractivity contribution in [2.45, 2.75) is 13.1 Å². The molecule has 2 aromatic rings. The summed E-state index contributed by atoms with van der Waals surface area (Å²) in [7, 11) is 1.39. The summed E-state index contributed by atoms with van der Waals surface area (Å²) < 4.78 is 5.37. The van der Waals surface area contributed by atoms with Gasteiger partial charge in [0, 0.05) is 23.6 Å². The highest BCUT2D eigenvalue weighted by molar-refractivity contribution is 8.76. The lowest BCUT2D eigenvalue weighted by atomic mass is 9.90. The van der Waals surface area contributed by atoms with Gasteiger partial charge in [0.25, 0.3) is 0 Å². The van der Waals surface area contributed by atoms with Crippen molar-refractivity contribution >= 4 is 57.9 Å². The summed E-state index contributed by atoms with van der Waals surface area (Å²) in [6.45, 7) is 5.96. The van der Waals surface area contributed by atoms with E-state index in [2.05, 4.69) is 72.4 Å². The van der Waals surface area contributed by atoms with E-state index in [1.54, 1.807) is 21.6 Å². The molecule has 0 fully saturated rings. The molecule has 2 aliphatic rings. The number of hydrogen-bond acceptors (Lipinski definition) is 5. The number of rotatable bonds is 7. The Morgan fingerprint density at radius 2 is 1.85 bits per heavy atom. The summed E-state index contributed by atoms with van der Waals surface area (Å²) in [5, 5.41) is 2.60. The topological polar surface area (TPSA) is 93.9 Å². The molecule has 1 aliphatic heterocycles. The lowest BCUT2D eigenvalue weighted by Gasteiger charge is -2.37. The van der Waals surface area contributed by atoms with Gasteiger partial charge >= 0.3 is 6.09 Å². The Morgan fingerprint density at radius 1 is 1.09 bits per heavy atom. The molecule has 0 aromatic heterocycles. The molecule has 2 aromatic carbocycles. The van der Waals surface area contributed by atoms with Crippen LogP contribution >= 0.6 is 21.6 Å². The fraction of sp³-hybridized carbons (Fsp3) is 0.231. The van der Waals surface area contributed by atoms with Crippen molar-refractivity contribution in [1.29, 1.82) is 0 Å². The van der Waals surface area contributed by atoms with Crippen LogP contribution in [-0.4, -0.2) is 44.5 Å². The zero-order valence-electron chi connectivity index (χ0n) is 19.6. The SMILES string of the molecule is C[Si]1(C)C2=CC(=[NH+]C(=O)OCCSSCC[NH3+])C=CC2=C(c2ccccc2)c2ccc(N)cc21. The van der Waals surface area contributed by atoms with Crippen molar-refractivity contribution in [3.63, 3.8) is 0 Å². The molecule has 6 N–H and O–H groups in total. The van der Waals surface area contributed by atoms with Crippen LogP contribution in [0.15, 0.2) is 77.5 Å². The molecule has 0 bridgehead atoms. The van der Waals surface area contributed by atoms with Crippen LogP contribution in [0.2, 0.25) is 13.1 Å². The molecule has 0 atom stereocenters. The molecule has 1 aliphatic carbocycles. The fourth-order valence-electron chi connectivity index (χ4n) is 4.36. The number of amides is 1. The van der Waals surface area contributed by atoms with Crippen molar-refractivity contribution < 1.29 is 20.3 Å². The van der Waals surface area contributed by atoms with Gasteiger partial charge < -0.3 is 16.2 Å². The van der Waals surface area contributed by atoms with Crippen LogP contribution in [-0.2, 0) is 4.74 Å². The Morgan fingerprint density at radius 3 is 2.62 bits per heavy atom.